The fourth-order valence-electron chi connectivity index (χ4n) is 3.23. The highest BCUT2D eigenvalue weighted by molar-refractivity contribution is 5.99. The summed E-state index contributed by atoms with van der Waals surface area (Å²) in [5.74, 6) is 0.314. The first kappa shape index (κ1) is 19.0. The van der Waals surface area contributed by atoms with Gasteiger partial charge in [0, 0.05) is 50.2 Å². The van der Waals surface area contributed by atoms with Crippen LogP contribution in [0, 0.1) is 5.92 Å². The molecule has 0 unspecified atom stereocenters. The number of benzene rings is 1. The van der Waals surface area contributed by atoms with Crippen molar-refractivity contribution in [2.45, 2.75) is 32.7 Å². The maximum Gasteiger partial charge on any atom is 0.255 e. The van der Waals surface area contributed by atoms with E-state index in [9.17, 15) is 9.59 Å². The van der Waals surface area contributed by atoms with Gasteiger partial charge >= 0.3 is 0 Å². The average molecular weight is 343 g/mol. The molecule has 1 fully saturated rings. The number of rotatable bonds is 6. The Labute approximate surface area is 150 Å². The van der Waals surface area contributed by atoms with Crippen LogP contribution in [0.15, 0.2) is 36.9 Å². The standard InChI is InChI=1S/C20H29N3O2/c1-6-11-21-17-10-8-7-9-16(17)19(25)22(5)13-15-12-18(24)23(14-15)20(2,3)4/h6-10,15,21H,1,11-14H2,2-5H3/t15-/m1/s1. The number of nitrogens with one attached hydrogen (secondary N) is 1. The second-order valence-corrected chi connectivity index (χ2v) is 7.65. The zero-order chi connectivity index (χ0) is 18.6. The number of amides is 2. The quantitative estimate of drug-likeness (QED) is 0.808. The molecule has 1 aromatic rings. The van der Waals surface area contributed by atoms with Crippen molar-refractivity contribution in [2.75, 3.05) is 32.0 Å². The van der Waals surface area contributed by atoms with Gasteiger partial charge in [-0.05, 0) is 32.9 Å². The highest BCUT2D eigenvalue weighted by atomic mass is 16.2. The molecule has 1 atom stereocenters. The third kappa shape index (κ3) is 4.62. The Morgan fingerprint density at radius 3 is 2.68 bits per heavy atom. The zero-order valence-electron chi connectivity index (χ0n) is 15.7. The summed E-state index contributed by atoms with van der Waals surface area (Å²) in [6.07, 6.45) is 2.27. The molecule has 2 rings (SSSR count). The number of nitrogens with zero attached hydrogens (tertiary/aromatic N) is 2. The highest BCUT2D eigenvalue weighted by Crippen LogP contribution is 2.27. The van der Waals surface area contributed by atoms with Crippen LogP contribution in [0.25, 0.3) is 0 Å². The lowest BCUT2D eigenvalue weighted by atomic mass is 10.1. The van der Waals surface area contributed by atoms with Crippen molar-refractivity contribution >= 4 is 17.5 Å². The molecule has 1 saturated heterocycles. The van der Waals surface area contributed by atoms with E-state index in [0.717, 1.165) is 5.69 Å². The van der Waals surface area contributed by atoms with Crippen LogP contribution in [0.5, 0.6) is 0 Å². The monoisotopic (exact) mass is 343 g/mol. The van der Waals surface area contributed by atoms with E-state index < -0.39 is 0 Å². The third-order valence-corrected chi connectivity index (χ3v) is 4.49. The van der Waals surface area contributed by atoms with E-state index in [4.69, 9.17) is 0 Å². The summed E-state index contributed by atoms with van der Waals surface area (Å²) >= 11 is 0. The van der Waals surface area contributed by atoms with Crippen LogP contribution in [0.3, 0.4) is 0 Å². The van der Waals surface area contributed by atoms with E-state index in [0.29, 0.717) is 31.6 Å². The fourth-order valence-corrected chi connectivity index (χ4v) is 3.23. The molecule has 1 N–H and O–H groups in total. The molecule has 2 amide bonds. The van der Waals surface area contributed by atoms with E-state index >= 15 is 0 Å². The van der Waals surface area contributed by atoms with Crippen LogP contribution in [0.2, 0.25) is 0 Å². The number of anilines is 1. The molecule has 1 aromatic carbocycles. The molecule has 0 spiro atoms. The largest absolute Gasteiger partial charge is 0.381 e. The van der Waals surface area contributed by atoms with E-state index in [1.54, 1.807) is 18.0 Å². The molecule has 0 radical (unpaired) electrons. The van der Waals surface area contributed by atoms with Crippen molar-refractivity contribution in [3.05, 3.63) is 42.5 Å². The molecule has 1 heterocycles. The number of carbonyl (C=O) groups is 2. The van der Waals surface area contributed by atoms with Crippen molar-refractivity contribution in [1.82, 2.24) is 9.80 Å². The summed E-state index contributed by atoms with van der Waals surface area (Å²) in [6.45, 7) is 11.7. The summed E-state index contributed by atoms with van der Waals surface area (Å²) in [4.78, 5) is 28.7. The summed E-state index contributed by atoms with van der Waals surface area (Å²) in [6, 6.07) is 7.48. The first-order valence-electron chi connectivity index (χ1n) is 8.73. The average Bonchev–Trinajstić information content (AvgIpc) is 2.93. The second kappa shape index (κ2) is 7.72. The molecule has 0 bridgehead atoms. The van der Waals surface area contributed by atoms with Gasteiger partial charge in [0.1, 0.15) is 0 Å². The van der Waals surface area contributed by atoms with Crippen LogP contribution in [-0.4, -0.2) is 53.8 Å². The van der Waals surface area contributed by atoms with Crippen LogP contribution in [-0.2, 0) is 4.79 Å². The lowest BCUT2D eigenvalue weighted by molar-refractivity contribution is -0.131. The van der Waals surface area contributed by atoms with Crippen LogP contribution < -0.4 is 5.32 Å². The van der Waals surface area contributed by atoms with E-state index in [1.807, 2.05) is 49.9 Å². The van der Waals surface area contributed by atoms with Crippen molar-refractivity contribution in [1.29, 1.82) is 0 Å². The number of hydrogen-bond donors (Lipinski definition) is 1. The molecule has 25 heavy (non-hydrogen) atoms. The Morgan fingerprint density at radius 2 is 2.08 bits per heavy atom. The predicted molar refractivity (Wildman–Crippen MR) is 102 cm³/mol. The molecule has 0 saturated carbocycles. The Kier molecular flexibility index (Phi) is 5.88. The molecule has 136 valence electrons. The van der Waals surface area contributed by atoms with Crippen molar-refractivity contribution < 1.29 is 9.59 Å². The van der Waals surface area contributed by atoms with Gasteiger partial charge in [0.25, 0.3) is 5.91 Å². The van der Waals surface area contributed by atoms with Gasteiger partial charge in [-0.3, -0.25) is 9.59 Å². The normalized spacial score (nSPS) is 17.5. The predicted octanol–water partition coefficient (Wildman–Crippen LogP) is 3.00. The molecule has 5 heteroatoms. The van der Waals surface area contributed by atoms with Crippen molar-refractivity contribution in [3.63, 3.8) is 0 Å². The Morgan fingerprint density at radius 1 is 1.40 bits per heavy atom. The smallest absolute Gasteiger partial charge is 0.255 e. The maximum atomic E-state index is 12.8. The summed E-state index contributed by atoms with van der Waals surface area (Å²) in [5.41, 5.74) is 1.28. The molecule has 5 nitrogen and oxygen atoms in total. The second-order valence-electron chi connectivity index (χ2n) is 7.65. The Bertz CT molecular complexity index is 649. The Hall–Kier alpha value is -2.30. The van der Waals surface area contributed by atoms with Gasteiger partial charge in [0.2, 0.25) is 5.91 Å². The number of hydrogen-bond acceptors (Lipinski definition) is 3. The number of likely N-dealkylation sites (tertiary alicyclic amines) is 1. The first-order chi connectivity index (χ1) is 11.7. The van der Waals surface area contributed by atoms with Gasteiger partial charge in [0.05, 0.1) is 5.56 Å². The fraction of sp³-hybridized carbons (Fsp3) is 0.500. The van der Waals surface area contributed by atoms with Crippen LogP contribution in [0.4, 0.5) is 5.69 Å². The lowest BCUT2D eigenvalue weighted by Gasteiger charge is -2.32. The number of carbonyl (C=O) groups excluding carboxylic acids is 2. The first-order valence-corrected chi connectivity index (χ1v) is 8.73. The Balaban J connectivity index is 2.04. The minimum absolute atomic E-state index is 0.0335. The molecule has 0 aromatic heterocycles. The van der Waals surface area contributed by atoms with Gasteiger partial charge in [0.15, 0.2) is 0 Å². The minimum atomic E-state index is -0.171. The summed E-state index contributed by atoms with van der Waals surface area (Å²) in [5, 5.41) is 3.20. The highest BCUT2D eigenvalue weighted by Gasteiger charge is 2.37. The molecular weight excluding hydrogens is 314 g/mol. The van der Waals surface area contributed by atoms with Gasteiger partial charge in [-0.2, -0.15) is 0 Å². The SMILES string of the molecule is C=CCNc1ccccc1C(=O)N(C)C[C@H]1CC(=O)N(C(C)(C)C)C1. The van der Waals surface area contributed by atoms with Crippen LogP contribution in [0.1, 0.15) is 37.6 Å². The molecule has 1 aliphatic heterocycles. The topological polar surface area (TPSA) is 52.7 Å². The van der Waals surface area contributed by atoms with Gasteiger partial charge in [-0.25, -0.2) is 0 Å². The van der Waals surface area contributed by atoms with Crippen molar-refractivity contribution in [2.24, 2.45) is 5.92 Å². The van der Waals surface area contributed by atoms with E-state index in [-0.39, 0.29) is 23.3 Å². The zero-order valence-corrected chi connectivity index (χ0v) is 15.7. The molecular formula is C20H29N3O2. The summed E-state index contributed by atoms with van der Waals surface area (Å²) < 4.78 is 0. The molecule has 0 aliphatic carbocycles. The van der Waals surface area contributed by atoms with Gasteiger partial charge < -0.3 is 15.1 Å². The van der Waals surface area contributed by atoms with Gasteiger partial charge in [-0.1, -0.05) is 18.2 Å². The maximum absolute atomic E-state index is 12.8. The van der Waals surface area contributed by atoms with E-state index in [1.165, 1.54) is 0 Å². The summed E-state index contributed by atoms with van der Waals surface area (Å²) in [7, 11) is 1.80. The minimum Gasteiger partial charge on any atom is -0.381 e. The third-order valence-electron chi connectivity index (χ3n) is 4.49. The van der Waals surface area contributed by atoms with Crippen molar-refractivity contribution in [3.8, 4) is 0 Å². The number of para-hydroxylation sites is 1. The lowest BCUT2D eigenvalue weighted by Crippen LogP contribution is -2.43. The molecule has 1 aliphatic rings. The van der Waals surface area contributed by atoms with Gasteiger partial charge in [-0.15, -0.1) is 6.58 Å². The van der Waals surface area contributed by atoms with Crippen LogP contribution >= 0.6 is 0 Å². The van der Waals surface area contributed by atoms with E-state index in [2.05, 4.69) is 11.9 Å².